The molecule has 0 bridgehead atoms. The second-order valence-electron chi connectivity index (χ2n) is 13.2. The topological polar surface area (TPSA) is 200 Å². The summed E-state index contributed by atoms with van der Waals surface area (Å²) in [4.78, 5) is 90.7. The van der Waals surface area contributed by atoms with Gasteiger partial charge >= 0.3 is 12.1 Å². The zero-order valence-corrected chi connectivity index (χ0v) is 28.5. The summed E-state index contributed by atoms with van der Waals surface area (Å²) in [7, 11) is 0. The lowest BCUT2D eigenvalue weighted by molar-refractivity contribution is -0.144. The van der Waals surface area contributed by atoms with E-state index in [4.69, 9.17) is 4.74 Å². The molecule has 0 aromatic heterocycles. The fourth-order valence-corrected chi connectivity index (χ4v) is 6.10. The molecule has 1 saturated carbocycles. The van der Waals surface area contributed by atoms with Crippen LogP contribution in [-0.4, -0.2) is 95.2 Å². The molecule has 1 aliphatic carbocycles. The molecular weight excluding hydrogens is 660 g/mol. The molecule has 2 unspecified atom stereocenters. The number of carbonyl (C=O) groups excluding carboxylic acids is 6. The first-order valence-corrected chi connectivity index (χ1v) is 16.9. The largest absolute Gasteiger partial charge is 0.479 e. The quantitative estimate of drug-likeness (QED) is 0.160. The van der Waals surface area contributed by atoms with Gasteiger partial charge in [0.05, 0.1) is 25.7 Å². The van der Waals surface area contributed by atoms with E-state index < -0.39 is 91.1 Å². The molecule has 5 N–H and O–H groups in total. The molecular formula is C34H47F2N5O9. The summed E-state index contributed by atoms with van der Waals surface area (Å²) < 4.78 is 34.9. The number of carbonyl (C=O) groups is 7. The van der Waals surface area contributed by atoms with Gasteiger partial charge < -0.3 is 36.0 Å². The average molecular weight is 708 g/mol. The number of nitrogens with one attached hydrogen (secondary N) is 4. The number of amides is 5. The number of hydrogen-bond donors (Lipinski definition) is 5. The number of carboxylic acids is 1. The first-order chi connectivity index (χ1) is 23.6. The number of nitrogens with zero attached hydrogens (tertiary/aromatic N) is 1. The Hall–Kier alpha value is -4.63. The highest BCUT2D eigenvalue weighted by atomic mass is 19.3. The van der Waals surface area contributed by atoms with E-state index in [-0.39, 0.29) is 36.8 Å². The van der Waals surface area contributed by atoms with E-state index in [1.54, 1.807) is 25.1 Å². The van der Waals surface area contributed by atoms with Crippen molar-refractivity contribution < 1.29 is 52.2 Å². The Morgan fingerprint density at radius 3 is 2.24 bits per heavy atom. The van der Waals surface area contributed by atoms with Gasteiger partial charge in [0.25, 0.3) is 11.8 Å². The Morgan fingerprint density at radius 1 is 0.980 bits per heavy atom. The summed E-state index contributed by atoms with van der Waals surface area (Å²) in [6.45, 7) is 3.54. The molecule has 1 aliphatic heterocycles. The van der Waals surface area contributed by atoms with Crippen molar-refractivity contribution in [3.05, 3.63) is 35.9 Å². The number of Topliss-reactive ketones (excluding diaryl/α,β-unsaturated/α-hetero) is 1. The van der Waals surface area contributed by atoms with E-state index in [1.807, 2.05) is 13.8 Å². The molecule has 0 spiro atoms. The highest BCUT2D eigenvalue weighted by Crippen LogP contribution is 2.35. The van der Waals surface area contributed by atoms with Gasteiger partial charge in [-0.05, 0) is 36.7 Å². The molecule has 276 valence electrons. The van der Waals surface area contributed by atoms with Crippen LogP contribution in [0, 0.1) is 11.8 Å². The molecule has 2 aliphatic rings. The third-order valence-electron chi connectivity index (χ3n) is 8.59. The Morgan fingerprint density at radius 2 is 1.64 bits per heavy atom. The van der Waals surface area contributed by atoms with E-state index in [0.29, 0.717) is 12.8 Å². The monoisotopic (exact) mass is 707 g/mol. The standard InChI is InChI=1S/C34H47F2N5O9/c1-4-11-23(28(43)30(45)37-17-25(42)39-27(32(47)48)22-14-9-6-10-15-22)38-29(44)24-16-34(35,36)19-41(24)31(46)26(21-12-7-5-8-13-21)40-33(49)50-18-20(2)3/h6,9-10,14-15,20-21,23-24,26-27H,4-5,7-8,11-13,16-19H2,1-3H3,(H,37,45)(H,38,44)(H,39,42)(H,40,49)(H,47,48)/t23?,24-,26-,27?/m0/s1. The molecule has 2 fully saturated rings. The number of benzene rings is 1. The minimum atomic E-state index is -3.45. The summed E-state index contributed by atoms with van der Waals surface area (Å²) in [6, 6.07) is 1.99. The Kier molecular flexibility index (Phi) is 14.6. The molecule has 1 aromatic carbocycles. The predicted octanol–water partition coefficient (Wildman–Crippen LogP) is 2.47. The SMILES string of the molecule is CCCC(NC(=O)[C@@H]1CC(F)(F)CN1C(=O)[C@@H](NC(=O)OCC(C)C)C1CCCCC1)C(=O)C(=O)NCC(=O)NC(C(=O)O)c1ccccc1. The zero-order valence-electron chi connectivity index (χ0n) is 28.5. The van der Waals surface area contributed by atoms with Gasteiger partial charge in [-0.15, -0.1) is 0 Å². The van der Waals surface area contributed by atoms with Crippen LogP contribution in [0.5, 0.6) is 0 Å². The van der Waals surface area contributed by atoms with Crippen molar-refractivity contribution in [1.82, 2.24) is 26.2 Å². The van der Waals surface area contributed by atoms with E-state index in [2.05, 4.69) is 21.3 Å². The molecule has 5 amide bonds. The highest BCUT2D eigenvalue weighted by Gasteiger charge is 2.52. The van der Waals surface area contributed by atoms with Crippen LogP contribution in [0.3, 0.4) is 0 Å². The van der Waals surface area contributed by atoms with Crippen molar-refractivity contribution in [2.24, 2.45) is 11.8 Å². The summed E-state index contributed by atoms with van der Waals surface area (Å²) in [6.07, 6.45) is 1.90. The van der Waals surface area contributed by atoms with Gasteiger partial charge in [-0.25, -0.2) is 18.4 Å². The van der Waals surface area contributed by atoms with Crippen molar-refractivity contribution in [3.8, 4) is 0 Å². The fraction of sp³-hybridized carbons (Fsp3) is 0.618. The number of rotatable bonds is 16. The number of ketones is 1. The first kappa shape index (κ1) is 39.8. The van der Waals surface area contributed by atoms with Crippen molar-refractivity contribution in [3.63, 3.8) is 0 Å². The Balaban J connectivity index is 1.70. The van der Waals surface area contributed by atoms with Gasteiger partial charge in [-0.1, -0.05) is 76.8 Å². The fourth-order valence-electron chi connectivity index (χ4n) is 6.10. The molecule has 3 rings (SSSR count). The van der Waals surface area contributed by atoms with Crippen LogP contribution in [0.1, 0.15) is 83.7 Å². The van der Waals surface area contributed by atoms with E-state index in [9.17, 15) is 47.4 Å². The lowest BCUT2D eigenvalue weighted by Gasteiger charge is -2.34. The molecule has 50 heavy (non-hydrogen) atoms. The molecule has 0 radical (unpaired) electrons. The molecule has 16 heteroatoms. The maximum absolute atomic E-state index is 14.8. The second-order valence-corrected chi connectivity index (χ2v) is 13.2. The van der Waals surface area contributed by atoms with Crippen LogP contribution in [0.2, 0.25) is 0 Å². The number of alkyl carbamates (subject to hydrolysis) is 1. The second kappa shape index (κ2) is 18.4. The Bertz CT molecular complexity index is 1390. The number of ether oxygens (including phenoxy) is 1. The molecule has 1 heterocycles. The molecule has 1 saturated heterocycles. The predicted molar refractivity (Wildman–Crippen MR) is 175 cm³/mol. The van der Waals surface area contributed by atoms with Gasteiger partial charge in [0, 0.05) is 6.42 Å². The molecule has 4 atom stereocenters. The smallest absolute Gasteiger partial charge is 0.407 e. The van der Waals surface area contributed by atoms with Crippen LogP contribution in [0.4, 0.5) is 13.6 Å². The van der Waals surface area contributed by atoms with Gasteiger partial charge in [0.15, 0.2) is 6.04 Å². The lowest BCUT2D eigenvalue weighted by Crippen LogP contribution is -2.58. The van der Waals surface area contributed by atoms with Crippen LogP contribution in [-0.2, 0) is 33.5 Å². The average Bonchev–Trinajstić information content (AvgIpc) is 3.42. The van der Waals surface area contributed by atoms with Gasteiger partial charge in [0.2, 0.25) is 23.5 Å². The first-order valence-electron chi connectivity index (χ1n) is 16.9. The number of hydrogen-bond acceptors (Lipinski definition) is 8. The zero-order chi connectivity index (χ0) is 37.0. The van der Waals surface area contributed by atoms with Crippen molar-refractivity contribution in [2.45, 2.75) is 102 Å². The number of carboxylic acid groups (broad SMARTS) is 1. The minimum Gasteiger partial charge on any atom is -0.479 e. The van der Waals surface area contributed by atoms with Crippen LogP contribution in [0.25, 0.3) is 0 Å². The maximum atomic E-state index is 14.8. The summed E-state index contributed by atoms with van der Waals surface area (Å²) in [5.74, 6) is -10.4. The maximum Gasteiger partial charge on any atom is 0.407 e. The third kappa shape index (κ3) is 11.5. The summed E-state index contributed by atoms with van der Waals surface area (Å²) in [5, 5.41) is 18.8. The normalized spacial score (nSPS) is 19.1. The van der Waals surface area contributed by atoms with Crippen LogP contribution in [0.15, 0.2) is 30.3 Å². The van der Waals surface area contributed by atoms with Crippen molar-refractivity contribution >= 4 is 41.5 Å². The van der Waals surface area contributed by atoms with Gasteiger partial charge in [-0.2, -0.15) is 0 Å². The summed E-state index contributed by atoms with van der Waals surface area (Å²) in [5.41, 5.74) is 0.276. The minimum absolute atomic E-state index is 0.0110. The van der Waals surface area contributed by atoms with Gasteiger partial charge in [-0.3, -0.25) is 24.0 Å². The van der Waals surface area contributed by atoms with Gasteiger partial charge in [0.1, 0.15) is 12.1 Å². The van der Waals surface area contributed by atoms with Crippen molar-refractivity contribution in [2.75, 3.05) is 19.7 Å². The Labute approximate surface area is 289 Å². The lowest BCUT2D eigenvalue weighted by atomic mass is 9.83. The number of likely N-dealkylation sites (tertiary alicyclic amines) is 1. The van der Waals surface area contributed by atoms with E-state index in [1.165, 1.54) is 12.1 Å². The third-order valence-corrected chi connectivity index (χ3v) is 8.59. The van der Waals surface area contributed by atoms with E-state index >= 15 is 0 Å². The number of alkyl halides is 2. The van der Waals surface area contributed by atoms with Crippen molar-refractivity contribution in [1.29, 1.82) is 0 Å². The summed E-state index contributed by atoms with van der Waals surface area (Å²) >= 11 is 0. The van der Waals surface area contributed by atoms with Crippen LogP contribution < -0.4 is 21.3 Å². The highest BCUT2D eigenvalue weighted by molar-refractivity contribution is 6.38. The molecule has 14 nitrogen and oxygen atoms in total. The van der Waals surface area contributed by atoms with E-state index in [0.717, 1.165) is 24.2 Å². The number of halogens is 2. The number of aliphatic carboxylic acids is 1. The van der Waals surface area contributed by atoms with Crippen LogP contribution >= 0.6 is 0 Å². The molecule has 1 aromatic rings.